The molecule has 4 bridgehead atoms. The summed E-state index contributed by atoms with van der Waals surface area (Å²) in [6.45, 7) is 0. The minimum atomic E-state index is -0.0166. The summed E-state index contributed by atoms with van der Waals surface area (Å²) in [4.78, 5) is 0. The number of aromatic hydroxyl groups is 4. The van der Waals surface area contributed by atoms with Crippen LogP contribution < -0.4 is 9.47 Å². The van der Waals surface area contributed by atoms with E-state index in [1.54, 1.807) is 48.5 Å². The molecule has 1 aliphatic heterocycles. The molecule has 0 atom stereocenters. The van der Waals surface area contributed by atoms with Crippen molar-refractivity contribution < 1.29 is 29.9 Å². The van der Waals surface area contributed by atoms with Crippen LogP contribution in [-0.2, 0) is 25.7 Å². The largest absolute Gasteiger partial charge is 0.508 e. The third-order valence-corrected chi connectivity index (χ3v) is 5.96. The summed E-state index contributed by atoms with van der Waals surface area (Å²) in [7, 11) is 0. The average Bonchev–Trinajstić information content (AvgIpc) is 2.81. The lowest BCUT2D eigenvalue weighted by Crippen LogP contribution is -2.00. The van der Waals surface area contributed by atoms with E-state index < -0.39 is 0 Å². The SMILES string of the molecule is Oc1ccc2c(c1)Oc1cc(O)ccc1CCc1ccc(O)c(c1)Oc1cc(ccc1O)CC2. The Morgan fingerprint density at radius 1 is 0.441 bits per heavy atom. The summed E-state index contributed by atoms with van der Waals surface area (Å²) in [6, 6.07) is 20.3. The Morgan fingerprint density at radius 3 is 1.35 bits per heavy atom. The molecule has 0 saturated carbocycles. The Morgan fingerprint density at radius 2 is 0.882 bits per heavy atom. The number of phenolic OH excluding ortho intramolecular Hbond substituents is 4. The Labute approximate surface area is 196 Å². The standard InChI is InChI=1S/C28H24O6/c29-21-9-7-19-5-1-17-3-11-23(31)27(13-17)34-28-14-18(4-12-24(28)32)2-6-20-8-10-22(30)16-26(20)33-25(19)15-21/h3-4,7-16,29-32H,1-2,5-6H2. The van der Waals surface area contributed by atoms with E-state index in [-0.39, 0.29) is 34.5 Å². The predicted octanol–water partition coefficient (Wildman–Crippen LogP) is 5.98. The van der Waals surface area contributed by atoms with Crippen LogP contribution in [-0.4, -0.2) is 20.4 Å². The molecule has 1 heterocycles. The first kappa shape index (κ1) is 21.5. The Hall–Kier alpha value is -4.32. The molecule has 5 rings (SSSR count). The van der Waals surface area contributed by atoms with Gasteiger partial charge in [0.25, 0.3) is 0 Å². The van der Waals surface area contributed by atoms with Crippen LogP contribution >= 0.6 is 0 Å². The second-order valence-corrected chi connectivity index (χ2v) is 8.39. The third kappa shape index (κ3) is 4.57. The summed E-state index contributed by atoms with van der Waals surface area (Å²) in [5, 5.41) is 40.8. The third-order valence-electron chi connectivity index (χ3n) is 5.96. The van der Waals surface area contributed by atoms with Crippen molar-refractivity contribution in [1.29, 1.82) is 0 Å². The van der Waals surface area contributed by atoms with Gasteiger partial charge in [0.05, 0.1) is 0 Å². The van der Waals surface area contributed by atoms with Gasteiger partial charge in [-0.15, -0.1) is 0 Å². The van der Waals surface area contributed by atoms with E-state index >= 15 is 0 Å². The number of aryl methyl sites for hydroxylation is 4. The van der Waals surface area contributed by atoms with Gasteiger partial charge in [-0.3, -0.25) is 0 Å². The number of hydrogen-bond acceptors (Lipinski definition) is 6. The summed E-state index contributed by atoms with van der Waals surface area (Å²) in [5.41, 5.74) is 3.62. The molecule has 4 aromatic carbocycles. The van der Waals surface area contributed by atoms with Crippen molar-refractivity contribution in [2.75, 3.05) is 0 Å². The lowest BCUT2D eigenvalue weighted by Gasteiger charge is -2.17. The fraction of sp³-hybridized carbons (Fsp3) is 0.143. The molecular formula is C28H24O6. The van der Waals surface area contributed by atoms with E-state index in [0.29, 0.717) is 37.2 Å². The van der Waals surface area contributed by atoms with Crippen LogP contribution in [0.15, 0.2) is 72.8 Å². The number of phenols is 4. The maximum Gasteiger partial charge on any atom is 0.169 e. The van der Waals surface area contributed by atoms with Crippen molar-refractivity contribution in [3.8, 4) is 46.0 Å². The molecule has 6 heteroatoms. The van der Waals surface area contributed by atoms with Crippen molar-refractivity contribution in [3.05, 3.63) is 95.1 Å². The minimum Gasteiger partial charge on any atom is -0.508 e. The molecule has 34 heavy (non-hydrogen) atoms. The summed E-state index contributed by atoms with van der Waals surface area (Å²) < 4.78 is 12.1. The Balaban J connectivity index is 1.61. The zero-order valence-corrected chi connectivity index (χ0v) is 18.4. The van der Waals surface area contributed by atoms with Gasteiger partial charge in [-0.25, -0.2) is 0 Å². The van der Waals surface area contributed by atoms with E-state index in [1.165, 1.54) is 0 Å². The first-order valence-electron chi connectivity index (χ1n) is 11.1. The van der Waals surface area contributed by atoms with Crippen molar-refractivity contribution >= 4 is 0 Å². The second kappa shape index (κ2) is 8.90. The van der Waals surface area contributed by atoms with Crippen LogP contribution in [0.25, 0.3) is 0 Å². The van der Waals surface area contributed by atoms with E-state index in [2.05, 4.69) is 0 Å². The minimum absolute atomic E-state index is 0.0166. The highest BCUT2D eigenvalue weighted by molar-refractivity contribution is 5.51. The number of benzene rings is 4. The first-order chi connectivity index (χ1) is 16.4. The number of ether oxygens (including phenoxy) is 2. The quantitative estimate of drug-likeness (QED) is 0.260. The van der Waals surface area contributed by atoms with Gasteiger partial charge in [-0.2, -0.15) is 0 Å². The van der Waals surface area contributed by atoms with E-state index in [0.717, 1.165) is 22.3 Å². The molecule has 0 radical (unpaired) electrons. The highest BCUT2D eigenvalue weighted by atomic mass is 16.5. The molecule has 0 fully saturated rings. The first-order valence-corrected chi connectivity index (χ1v) is 11.1. The van der Waals surface area contributed by atoms with E-state index in [1.807, 2.05) is 24.3 Å². The van der Waals surface area contributed by atoms with Gasteiger partial charge in [-0.1, -0.05) is 24.3 Å². The van der Waals surface area contributed by atoms with Gasteiger partial charge in [0.1, 0.15) is 23.0 Å². The van der Waals surface area contributed by atoms with Gasteiger partial charge >= 0.3 is 0 Å². The molecule has 0 saturated heterocycles. The molecule has 0 spiro atoms. The van der Waals surface area contributed by atoms with Gasteiger partial charge in [0.2, 0.25) is 0 Å². The lowest BCUT2D eigenvalue weighted by atomic mass is 10.0. The molecule has 0 aromatic heterocycles. The van der Waals surface area contributed by atoms with Gasteiger partial charge < -0.3 is 29.9 Å². The van der Waals surface area contributed by atoms with Crippen molar-refractivity contribution in [2.24, 2.45) is 0 Å². The second-order valence-electron chi connectivity index (χ2n) is 8.39. The lowest BCUT2D eigenvalue weighted by molar-refractivity contribution is 0.384. The molecule has 4 N–H and O–H groups in total. The highest BCUT2D eigenvalue weighted by Crippen LogP contribution is 2.38. The van der Waals surface area contributed by atoms with Crippen LogP contribution in [0.5, 0.6) is 46.0 Å². The Bertz CT molecular complexity index is 1260. The van der Waals surface area contributed by atoms with Crippen LogP contribution in [0.3, 0.4) is 0 Å². The normalized spacial score (nSPS) is 13.2. The molecule has 6 nitrogen and oxygen atoms in total. The van der Waals surface area contributed by atoms with Gasteiger partial charge in [0, 0.05) is 12.1 Å². The topological polar surface area (TPSA) is 99.4 Å². The van der Waals surface area contributed by atoms with Crippen molar-refractivity contribution in [2.45, 2.75) is 25.7 Å². The fourth-order valence-electron chi connectivity index (χ4n) is 4.08. The molecule has 0 unspecified atom stereocenters. The Kier molecular flexibility index (Phi) is 5.64. The van der Waals surface area contributed by atoms with Gasteiger partial charge in [-0.05, 0) is 84.3 Å². The molecule has 4 aromatic rings. The number of fused-ring (bicyclic) bond motifs is 6. The summed E-state index contributed by atoms with van der Waals surface area (Å²) in [5.74, 6) is 1.70. The van der Waals surface area contributed by atoms with Gasteiger partial charge in [0.15, 0.2) is 23.0 Å². The van der Waals surface area contributed by atoms with Crippen LogP contribution in [0.2, 0.25) is 0 Å². The maximum atomic E-state index is 10.3. The molecular weight excluding hydrogens is 432 g/mol. The molecule has 0 aliphatic carbocycles. The van der Waals surface area contributed by atoms with Crippen LogP contribution in [0.1, 0.15) is 22.3 Å². The smallest absolute Gasteiger partial charge is 0.169 e. The predicted molar refractivity (Wildman–Crippen MR) is 127 cm³/mol. The molecule has 0 amide bonds. The van der Waals surface area contributed by atoms with Crippen molar-refractivity contribution in [3.63, 3.8) is 0 Å². The van der Waals surface area contributed by atoms with E-state index in [4.69, 9.17) is 9.47 Å². The summed E-state index contributed by atoms with van der Waals surface area (Å²) in [6.07, 6.45) is 2.46. The maximum absolute atomic E-state index is 10.3. The average molecular weight is 456 g/mol. The highest BCUT2D eigenvalue weighted by Gasteiger charge is 2.15. The monoisotopic (exact) mass is 456 g/mol. The summed E-state index contributed by atoms with van der Waals surface area (Å²) >= 11 is 0. The fourth-order valence-corrected chi connectivity index (χ4v) is 4.08. The van der Waals surface area contributed by atoms with E-state index in [9.17, 15) is 20.4 Å². The van der Waals surface area contributed by atoms with Crippen LogP contribution in [0.4, 0.5) is 0 Å². The van der Waals surface area contributed by atoms with Crippen LogP contribution in [0, 0.1) is 0 Å². The zero-order valence-electron chi connectivity index (χ0n) is 18.4. The van der Waals surface area contributed by atoms with Crippen molar-refractivity contribution in [1.82, 2.24) is 0 Å². The molecule has 1 aliphatic rings. The number of hydrogen-bond donors (Lipinski definition) is 4. The zero-order chi connectivity index (χ0) is 23.7. The molecule has 172 valence electrons. The number of rotatable bonds is 0.